The molecule has 0 amide bonds. The molecule has 19 heavy (non-hydrogen) atoms. The Morgan fingerprint density at radius 2 is 2.11 bits per heavy atom. The minimum atomic E-state index is 0.358. The van der Waals surface area contributed by atoms with Crippen LogP contribution in [0, 0.1) is 0 Å². The summed E-state index contributed by atoms with van der Waals surface area (Å²) in [6.07, 6.45) is 7.80. The lowest BCUT2D eigenvalue weighted by Crippen LogP contribution is -2.31. The van der Waals surface area contributed by atoms with Crippen LogP contribution in [-0.2, 0) is 13.0 Å². The lowest BCUT2D eigenvalue weighted by Gasteiger charge is -2.24. The largest absolute Gasteiger partial charge is 0.383 e. The Bertz CT molecular complexity index is 514. The van der Waals surface area contributed by atoms with E-state index in [4.69, 9.17) is 5.73 Å². The third kappa shape index (κ3) is 3.72. The van der Waals surface area contributed by atoms with Gasteiger partial charge in [-0.3, -0.25) is 14.9 Å². The quantitative estimate of drug-likeness (QED) is 0.879. The van der Waals surface area contributed by atoms with Gasteiger partial charge in [-0.25, -0.2) is 4.98 Å². The Labute approximate surface area is 113 Å². The van der Waals surface area contributed by atoms with E-state index in [9.17, 15) is 0 Å². The highest BCUT2D eigenvalue weighted by Crippen LogP contribution is 2.13. The van der Waals surface area contributed by atoms with Gasteiger partial charge in [0.2, 0.25) is 0 Å². The summed E-state index contributed by atoms with van der Waals surface area (Å²) in [4.78, 5) is 14.7. The fourth-order valence-electron chi connectivity index (χ4n) is 1.90. The van der Waals surface area contributed by atoms with E-state index < -0.39 is 0 Å². The van der Waals surface area contributed by atoms with Gasteiger partial charge in [0.25, 0.3) is 0 Å². The van der Waals surface area contributed by atoms with Crippen molar-refractivity contribution < 1.29 is 0 Å². The first-order chi connectivity index (χ1) is 9.16. The van der Waals surface area contributed by atoms with E-state index in [2.05, 4.69) is 33.8 Å². The number of nitrogen functional groups attached to an aromatic ring is 1. The van der Waals surface area contributed by atoms with E-state index in [0.29, 0.717) is 11.9 Å². The smallest absolute Gasteiger partial charge is 0.127 e. The molecule has 2 aromatic heterocycles. The maximum Gasteiger partial charge on any atom is 0.127 e. The van der Waals surface area contributed by atoms with E-state index in [0.717, 1.165) is 24.2 Å². The van der Waals surface area contributed by atoms with Crippen molar-refractivity contribution in [1.29, 1.82) is 0 Å². The summed E-state index contributed by atoms with van der Waals surface area (Å²) in [6.45, 7) is 2.95. The van der Waals surface area contributed by atoms with Gasteiger partial charge in [-0.1, -0.05) is 6.07 Å². The van der Waals surface area contributed by atoms with Crippen molar-refractivity contribution in [3.63, 3.8) is 0 Å². The van der Waals surface area contributed by atoms with E-state index in [1.807, 2.05) is 18.3 Å². The Morgan fingerprint density at radius 1 is 1.26 bits per heavy atom. The lowest BCUT2D eigenvalue weighted by molar-refractivity contribution is 0.247. The highest BCUT2D eigenvalue weighted by molar-refractivity contribution is 5.38. The number of pyridine rings is 1. The van der Waals surface area contributed by atoms with Crippen molar-refractivity contribution in [3.8, 4) is 0 Å². The first-order valence-electron chi connectivity index (χ1n) is 6.31. The number of nitrogens with two attached hydrogens (primary N) is 1. The van der Waals surface area contributed by atoms with Gasteiger partial charge in [0.1, 0.15) is 5.82 Å². The summed E-state index contributed by atoms with van der Waals surface area (Å²) in [5, 5.41) is 0. The molecule has 0 aliphatic carbocycles. The normalized spacial score (nSPS) is 12.6. The molecule has 0 aromatic carbocycles. The van der Waals surface area contributed by atoms with Crippen LogP contribution in [-0.4, -0.2) is 32.9 Å². The molecule has 2 heterocycles. The maximum absolute atomic E-state index is 5.86. The van der Waals surface area contributed by atoms with Crippen molar-refractivity contribution in [2.45, 2.75) is 25.9 Å². The van der Waals surface area contributed by atoms with Crippen LogP contribution >= 0.6 is 0 Å². The second-order valence-corrected chi connectivity index (χ2v) is 4.71. The van der Waals surface area contributed by atoms with Gasteiger partial charge in [0, 0.05) is 49.4 Å². The van der Waals surface area contributed by atoms with Gasteiger partial charge in [-0.05, 0) is 20.0 Å². The predicted octanol–water partition coefficient (Wildman–Crippen LogP) is 1.52. The third-order valence-electron chi connectivity index (χ3n) is 3.22. The highest BCUT2D eigenvalue weighted by atomic mass is 15.1. The first-order valence-corrected chi connectivity index (χ1v) is 6.31. The average molecular weight is 257 g/mol. The summed E-state index contributed by atoms with van der Waals surface area (Å²) < 4.78 is 0. The fourth-order valence-corrected chi connectivity index (χ4v) is 1.90. The minimum Gasteiger partial charge on any atom is -0.383 e. The Hall–Kier alpha value is -2.01. The SMILES string of the molecule is CC(Cc1cnccn1)N(C)Cc1cccnc1N. The monoisotopic (exact) mass is 257 g/mol. The summed E-state index contributed by atoms with van der Waals surface area (Å²) >= 11 is 0. The Balaban J connectivity index is 1.96. The van der Waals surface area contributed by atoms with Crippen molar-refractivity contribution >= 4 is 5.82 Å². The van der Waals surface area contributed by atoms with E-state index in [-0.39, 0.29) is 0 Å². The molecule has 2 aromatic rings. The molecule has 0 spiro atoms. The molecule has 0 aliphatic heterocycles. The molecule has 100 valence electrons. The number of nitrogens with zero attached hydrogens (tertiary/aromatic N) is 4. The zero-order valence-corrected chi connectivity index (χ0v) is 11.3. The number of rotatable bonds is 5. The number of aromatic nitrogens is 3. The molecule has 0 fully saturated rings. The summed E-state index contributed by atoms with van der Waals surface area (Å²) in [7, 11) is 2.08. The molecule has 1 atom stereocenters. The fraction of sp³-hybridized carbons (Fsp3) is 0.357. The van der Waals surface area contributed by atoms with Gasteiger partial charge < -0.3 is 5.73 Å². The van der Waals surface area contributed by atoms with Gasteiger partial charge in [0.05, 0.1) is 5.69 Å². The van der Waals surface area contributed by atoms with Crippen LogP contribution in [0.4, 0.5) is 5.82 Å². The Kier molecular flexibility index (Phi) is 4.41. The third-order valence-corrected chi connectivity index (χ3v) is 3.22. The number of anilines is 1. The predicted molar refractivity (Wildman–Crippen MR) is 75.3 cm³/mol. The van der Waals surface area contributed by atoms with E-state index in [1.54, 1.807) is 18.6 Å². The van der Waals surface area contributed by atoms with E-state index >= 15 is 0 Å². The van der Waals surface area contributed by atoms with Gasteiger partial charge >= 0.3 is 0 Å². The zero-order chi connectivity index (χ0) is 13.7. The molecule has 0 aliphatic rings. The lowest BCUT2D eigenvalue weighted by atomic mass is 10.1. The number of likely N-dealkylation sites (N-methyl/N-ethyl adjacent to an activating group) is 1. The average Bonchev–Trinajstić information content (AvgIpc) is 2.42. The Morgan fingerprint density at radius 3 is 2.79 bits per heavy atom. The molecule has 5 nitrogen and oxygen atoms in total. The highest BCUT2D eigenvalue weighted by Gasteiger charge is 2.12. The summed E-state index contributed by atoms with van der Waals surface area (Å²) in [5.41, 5.74) is 7.91. The van der Waals surface area contributed by atoms with Crippen molar-refractivity contribution in [3.05, 3.63) is 48.2 Å². The molecule has 1 unspecified atom stereocenters. The van der Waals surface area contributed by atoms with Crippen molar-refractivity contribution in [2.24, 2.45) is 0 Å². The van der Waals surface area contributed by atoms with E-state index in [1.165, 1.54) is 0 Å². The standard InChI is InChI=1S/C14H19N5/c1-11(8-13-9-16-6-7-17-13)19(2)10-12-4-3-5-18-14(12)15/h3-7,9,11H,8,10H2,1-2H3,(H2,15,18). The second kappa shape index (κ2) is 6.24. The van der Waals surface area contributed by atoms with Crippen LogP contribution in [0.3, 0.4) is 0 Å². The van der Waals surface area contributed by atoms with Crippen molar-refractivity contribution in [1.82, 2.24) is 19.9 Å². The minimum absolute atomic E-state index is 0.358. The van der Waals surface area contributed by atoms with Gasteiger partial charge in [-0.2, -0.15) is 0 Å². The van der Waals surface area contributed by atoms with Gasteiger partial charge in [-0.15, -0.1) is 0 Å². The summed E-state index contributed by atoms with van der Waals surface area (Å²) in [6, 6.07) is 4.28. The van der Waals surface area contributed by atoms with Crippen LogP contribution in [0.25, 0.3) is 0 Å². The molecular formula is C14H19N5. The first kappa shape index (κ1) is 13.4. The van der Waals surface area contributed by atoms with Crippen LogP contribution in [0.15, 0.2) is 36.9 Å². The molecular weight excluding hydrogens is 238 g/mol. The number of hydrogen-bond donors (Lipinski definition) is 1. The zero-order valence-electron chi connectivity index (χ0n) is 11.3. The second-order valence-electron chi connectivity index (χ2n) is 4.71. The number of hydrogen-bond acceptors (Lipinski definition) is 5. The van der Waals surface area contributed by atoms with Crippen LogP contribution in [0.5, 0.6) is 0 Å². The topological polar surface area (TPSA) is 67.9 Å². The molecule has 0 bridgehead atoms. The van der Waals surface area contributed by atoms with Crippen molar-refractivity contribution in [2.75, 3.05) is 12.8 Å². The van der Waals surface area contributed by atoms with Crippen LogP contribution in [0.2, 0.25) is 0 Å². The van der Waals surface area contributed by atoms with Gasteiger partial charge in [0.15, 0.2) is 0 Å². The van der Waals surface area contributed by atoms with Crippen LogP contribution < -0.4 is 5.73 Å². The molecule has 2 rings (SSSR count). The molecule has 0 saturated carbocycles. The molecule has 0 radical (unpaired) electrons. The molecule has 2 N–H and O–H groups in total. The molecule has 0 saturated heterocycles. The molecule has 5 heteroatoms. The maximum atomic E-state index is 5.86. The van der Waals surface area contributed by atoms with Crippen LogP contribution in [0.1, 0.15) is 18.2 Å². The summed E-state index contributed by atoms with van der Waals surface area (Å²) in [5.74, 6) is 0.598.